The van der Waals surface area contributed by atoms with Crippen molar-refractivity contribution < 1.29 is 14.3 Å². The second kappa shape index (κ2) is 8.00. The number of piperazine rings is 1. The first-order chi connectivity index (χ1) is 13.6. The molecule has 0 aliphatic carbocycles. The lowest BCUT2D eigenvalue weighted by molar-refractivity contribution is 0.0697. The van der Waals surface area contributed by atoms with Crippen molar-refractivity contribution in [2.24, 2.45) is 0 Å². The van der Waals surface area contributed by atoms with Gasteiger partial charge in [0, 0.05) is 31.2 Å². The van der Waals surface area contributed by atoms with Gasteiger partial charge < -0.3 is 9.52 Å². The predicted molar refractivity (Wildman–Crippen MR) is 108 cm³/mol. The summed E-state index contributed by atoms with van der Waals surface area (Å²) in [6.07, 6.45) is 0. The molecule has 144 valence electrons. The Morgan fingerprint density at radius 2 is 1.79 bits per heavy atom. The first-order valence-corrected chi connectivity index (χ1v) is 9.51. The maximum Gasteiger partial charge on any atom is 0.336 e. The lowest BCUT2D eigenvalue weighted by Gasteiger charge is -2.39. The first-order valence-electron chi connectivity index (χ1n) is 9.51. The zero-order valence-corrected chi connectivity index (χ0v) is 15.9. The van der Waals surface area contributed by atoms with E-state index in [-0.39, 0.29) is 5.56 Å². The van der Waals surface area contributed by atoms with Crippen LogP contribution < -0.4 is 0 Å². The number of furan rings is 1. The number of carboxylic acid groups (broad SMARTS) is 1. The van der Waals surface area contributed by atoms with E-state index in [0.717, 1.165) is 25.4 Å². The van der Waals surface area contributed by atoms with Gasteiger partial charge in [0.25, 0.3) is 0 Å². The third kappa shape index (κ3) is 3.86. The molecule has 1 aliphatic rings. The lowest BCUT2D eigenvalue weighted by Crippen LogP contribution is -2.46. The molecule has 2 heterocycles. The molecule has 1 aliphatic heterocycles. The first kappa shape index (κ1) is 18.5. The fourth-order valence-electron chi connectivity index (χ4n) is 3.82. The number of nitrogens with zero attached hydrogens (tertiary/aromatic N) is 2. The Kier molecular flexibility index (Phi) is 5.28. The van der Waals surface area contributed by atoms with Crippen molar-refractivity contribution in [3.63, 3.8) is 0 Å². The minimum Gasteiger partial charge on any atom is -0.478 e. The minimum absolute atomic E-state index is 0.257. The molecular weight excluding hydrogens is 352 g/mol. The highest BCUT2D eigenvalue weighted by atomic mass is 16.4. The van der Waals surface area contributed by atoms with Crippen molar-refractivity contribution in [1.82, 2.24) is 9.80 Å². The minimum atomic E-state index is -0.946. The Labute approximate surface area is 164 Å². The van der Waals surface area contributed by atoms with E-state index in [1.807, 2.05) is 24.3 Å². The topological polar surface area (TPSA) is 56.9 Å². The molecule has 1 unspecified atom stereocenters. The molecule has 1 fully saturated rings. The normalized spacial score (nSPS) is 18.2. The van der Waals surface area contributed by atoms with E-state index in [0.29, 0.717) is 23.9 Å². The molecule has 0 saturated carbocycles. The summed E-state index contributed by atoms with van der Waals surface area (Å²) in [4.78, 5) is 16.2. The van der Waals surface area contributed by atoms with Crippen LogP contribution >= 0.6 is 0 Å². The molecule has 2 aromatic carbocycles. The average Bonchev–Trinajstić information content (AvgIpc) is 3.18. The van der Waals surface area contributed by atoms with Crippen molar-refractivity contribution >= 4 is 5.97 Å². The fraction of sp³-hybridized carbons (Fsp3) is 0.261. The number of rotatable bonds is 5. The molecule has 0 bridgehead atoms. The Hall–Kier alpha value is -2.89. The van der Waals surface area contributed by atoms with Crippen molar-refractivity contribution in [1.29, 1.82) is 0 Å². The van der Waals surface area contributed by atoms with Crippen LogP contribution in [0.1, 0.15) is 27.7 Å². The van der Waals surface area contributed by atoms with Gasteiger partial charge in [-0.3, -0.25) is 9.80 Å². The monoisotopic (exact) mass is 376 g/mol. The highest BCUT2D eigenvalue weighted by molar-refractivity contribution is 5.95. The second-order valence-electron chi connectivity index (χ2n) is 7.26. The number of carboxylic acids is 1. The Morgan fingerprint density at radius 1 is 1.04 bits per heavy atom. The molecule has 1 saturated heterocycles. The maximum atomic E-state index is 11.5. The zero-order chi connectivity index (χ0) is 19.5. The van der Waals surface area contributed by atoms with Crippen LogP contribution in [0.2, 0.25) is 0 Å². The van der Waals surface area contributed by atoms with Gasteiger partial charge in [-0.05, 0) is 30.8 Å². The zero-order valence-electron chi connectivity index (χ0n) is 15.9. The standard InChI is InChI=1S/C23H24N2O3/c1-24-13-14-25(16-21(24)17-7-3-2-4-8-17)15-18-11-12-22(28-18)19-9-5-6-10-20(19)23(26)27/h2-12,21H,13-16H2,1H3,(H,26,27). The SMILES string of the molecule is CN1CCN(Cc2ccc(-c3ccccc3C(=O)O)o2)CC1c1ccccc1. The number of hydrogen-bond donors (Lipinski definition) is 1. The van der Waals surface area contributed by atoms with Crippen LogP contribution in [0, 0.1) is 0 Å². The van der Waals surface area contributed by atoms with E-state index in [4.69, 9.17) is 4.42 Å². The number of carbonyl (C=O) groups is 1. The molecule has 1 aromatic heterocycles. The summed E-state index contributed by atoms with van der Waals surface area (Å²) in [6, 6.07) is 21.7. The van der Waals surface area contributed by atoms with Crippen LogP contribution in [0.3, 0.4) is 0 Å². The molecule has 0 spiro atoms. The van der Waals surface area contributed by atoms with Crippen molar-refractivity contribution in [2.45, 2.75) is 12.6 Å². The van der Waals surface area contributed by atoms with E-state index >= 15 is 0 Å². The largest absolute Gasteiger partial charge is 0.478 e. The van der Waals surface area contributed by atoms with E-state index in [1.54, 1.807) is 18.2 Å². The number of likely N-dealkylation sites (N-methyl/N-ethyl adjacent to an activating group) is 1. The molecule has 0 radical (unpaired) electrons. The van der Waals surface area contributed by atoms with E-state index in [9.17, 15) is 9.90 Å². The van der Waals surface area contributed by atoms with Gasteiger partial charge in [-0.1, -0.05) is 48.5 Å². The molecule has 3 aromatic rings. The number of benzene rings is 2. The smallest absolute Gasteiger partial charge is 0.336 e. The molecular formula is C23H24N2O3. The Bertz CT molecular complexity index is 951. The molecule has 5 heteroatoms. The molecule has 1 N–H and O–H groups in total. The van der Waals surface area contributed by atoms with Gasteiger partial charge in [-0.2, -0.15) is 0 Å². The van der Waals surface area contributed by atoms with Gasteiger partial charge in [0.15, 0.2) is 0 Å². The van der Waals surface area contributed by atoms with Gasteiger partial charge >= 0.3 is 5.97 Å². The highest BCUT2D eigenvalue weighted by Crippen LogP contribution is 2.28. The maximum absolute atomic E-state index is 11.5. The number of aromatic carboxylic acids is 1. The summed E-state index contributed by atoms with van der Waals surface area (Å²) in [5.41, 5.74) is 2.19. The van der Waals surface area contributed by atoms with Gasteiger partial charge in [0.1, 0.15) is 11.5 Å². The summed E-state index contributed by atoms with van der Waals surface area (Å²) < 4.78 is 6.01. The third-order valence-corrected chi connectivity index (χ3v) is 5.38. The van der Waals surface area contributed by atoms with Gasteiger partial charge in [-0.15, -0.1) is 0 Å². The lowest BCUT2D eigenvalue weighted by atomic mass is 10.0. The summed E-state index contributed by atoms with van der Waals surface area (Å²) in [5.74, 6) is 0.506. The van der Waals surface area contributed by atoms with Gasteiger partial charge in [0.2, 0.25) is 0 Å². The van der Waals surface area contributed by atoms with Crippen LogP contribution in [0.4, 0.5) is 0 Å². The van der Waals surface area contributed by atoms with E-state index in [2.05, 4.69) is 41.1 Å². The van der Waals surface area contributed by atoms with Gasteiger partial charge in [0.05, 0.1) is 12.1 Å². The van der Waals surface area contributed by atoms with E-state index < -0.39 is 5.97 Å². The predicted octanol–water partition coefficient (Wildman–Crippen LogP) is 4.13. The molecule has 0 amide bonds. The summed E-state index contributed by atoms with van der Waals surface area (Å²) in [5, 5.41) is 9.40. The van der Waals surface area contributed by atoms with Crippen LogP contribution in [-0.4, -0.2) is 47.6 Å². The molecule has 4 rings (SSSR count). The number of hydrogen-bond acceptors (Lipinski definition) is 4. The Balaban J connectivity index is 1.49. The van der Waals surface area contributed by atoms with Crippen LogP contribution in [0.15, 0.2) is 71.1 Å². The van der Waals surface area contributed by atoms with Crippen molar-refractivity contribution in [3.05, 3.63) is 83.6 Å². The average molecular weight is 376 g/mol. The molecule has 28 heavy (non-hydrogen) atoms. The molecule has 1 atom stereocenters. The quantitative estimate of drug-likeness (QED) is 0.725. The van der Waals surface area contributed by atoms with Crippen LogP contribution in [0.5, 0.6) is 0 Å². The summed E-state index contributed by atoms with van der Waals surface area (Å²) in [7, 11) is 2.17. The fourth-order valence-corrected chi connectivity index (χ4v) is 3.82. The second-order valence-corrected chi connectivity index (χ2v) is 7.26. The van der Waals surface area contributed by atoms with Gasteiger partial charge in [-0.25, -0.2) is 4.79 Å². The van der Waals surface area contributed by atoms with Crippen LogP contribution in [-0.2, 0) is 6.54 Å². The van der Waals surface area contributed by atoms with Crippen molar-refractivity contribution in [2.75, 3.05) is 26.7 Å². The third-order valence-electron chi connectivity index (χ3n) is 5.38. The molecule has 5 nitrogen and oxygen atoms in total. The van der Waals surface area contributed by atoms with Crippen molar-refractivity contribution in [3.8, 4) is 11.3 Å². The van der Waals surface area contributed by atoms with E-state index in [1.165, 1.54) is 5.56 Å². The van der Waals surface area contributed by atoms with Crippen LogP contribution in [0.25, 0.3) is 11.3 Å². The Morgan fingerprint density at radius 3 is 2.57 bits per heavy atom. The highest BCUT2D eigenvalue weighted by Gasteiger charge is 2.26. The summed E-state index contributed by atoms with van der Waals surface area (Å²) >= 11 is 0. The summed E-state index contributed by atoms with van der Waals surface area (Å²) in [6.45, 7) is 3.62.